The third-order valence-electron chi connectivity index (χ3n) is 2.56. The second-order valence-electron chi connectivity index (χ2n) is 4.23. The fraction of sp³-hybridized carbons (Fsp3) is 0.0667. The van der Waals surface area contributed by atoms with E-state index >= 15 is 0 Å². The maximum absolute atomic E-state index is 10.3. The van der Waals surface area contributed by atoms with E-state index in [4.69, 9.17) is 27.9 Å². The van der Waals surface area contributed by atoms with Gasteiger partial charge in [-0.15, -0.1) is 0 Å². The van der Waals surface area contributed by atoms with Gasteiger partial charge in [0.15, 0.2) is 0 Å². The van der Waals surface area contributed by atoms with Crippen molar-refractivity contribution < 1.29 is 14.6 Å². The van der Waals surface area contributed by atoms with Gasteiger partial charge in [0.2, 0.25) is 0 Å². The lowest BCUT2D eigenvalue weighted by Gasteiger charge is -2.06. The van der Waals surface area contributed by atoms with Crippen molar-refractivity contribution >= 4 is 41.1 Å². The summed E-state index contributed by atoms with van der Waals surface area (Å²) in [4.78, 5) is 10.3. The molecule has 0 aliphatic carbocycles. The number of anilines is 1. The summed E-state index contributed by atoms with van der Waals surface area (Å²) in [7, 11) is 0. The van der Waals surface area contributed by atoms with Crippen LogP contribution >= 0.6 is 23.2 Å². The van der Waals surface area contributed by atoms with E-state index in [2.05, 4.69) is 10.5 Å². The maximum Gasteiger partial charge on any atom is 0.128 e. The van der Waals surface area contributed by atoms with Crippen LogP contribution in [0.2, 0.25) is 10.0 Å². The van der Waals surface area contributed by atoms with Crippen LogP contribution in [0.15, 0.2) is 47.6 Å². The lowest BCUT2D eigenvalue weighted by Crippen LogP contribution is -2.28. The van der Waals surface area contributed by atoms with Crippen LogP contribution in [0.25, 0.3) is 0 Å². The second-order valence-corrected chi connectivity index (χ2v) is 5.04. The number of hydrogen-bond acceptors (Lipinski definition) is 5. The number of benzene rings is 2. The zero-order chi connectivity index (χ0) is 15.9. The zero-order valence-corrected chi connectivity index (χ0v) is 12.8. The van der Waals surface area contributed by atoms with Gasteiger partial charge < -0.3 is 14.6 Å². The number of aliphatic carboxylic acids is 1. The van der Waals surface area contributed by atoms with Gasteiger partial charge in [0.05, 0.1) is 27.9 Å². The van der Waals surface area contributed by atoms with Crippen LogP contribution in [-0.2, 0) is 4.79 Å². The lowest BCUT2D eigenvalue weighted by atomic mass is 10.2. The van der Waals surface area contributed by atoms with Crippen molar-refractivity contribution in [1.82, 2.24) is 0 Å². The van der Waals surface area contributed by atoms with Crippen molar-refractivity contribution in [3.8, 4) is 5.75 Å². The quantitative estimate of drug-likeness (QED) is 0.649. The van der Waals surface area contributed by atoms with Crippen molar-refractivity contribution in [2.45, 2.75) is 0 Å². The van der Waals surface area contributed by atoms with Gasteiger partial charge in [-0.25, -0.2) is 0 Å². The van der Waals surface area contributed by atoms with Crippen molar-refractivity contribution in [3.63, 3.8) is 0 Å². The second kappa shape index (κ2) is 7.68. The Bertz CT molecular complexity index is 688. The molecule has 22 heavy (non-hydrogen) atoms. The molecule has 0 heterocycles. The summed E-state index contributed by atoms with van der Waals surface area (Å²) in [5, 5.41) is 15.3. The monoisotopic (exact) mass is 337 g/mol. The van der Waals surface area contributed by atoms with E-state index in [0.29, 0.717) is 21.5 Å². The van der Waals surface area contributed by atoms with E-state index in [9.17, 15) is 9.90 Å². The first-order valence-electron chi connectivity index (χ1n) is 6.21. The third kappa shape index (κ3) is 4.95. The molecule has 0 saturated heterocycles. The fourth-order valence-corrected chi connectivity index (χ4v) is 1.84. The number of hydrazone groups is 1. The molecule has 0 amide bonds. The molecular formula is C15H11Cl2N2O3-. The van der Waals surface area contributed by atoms with E-state index in [1.54, 1.807) is 48.7 Å². The van der Waals surface area contributed by atoms with Gasteiger partial charge in [-0.2, -0.15) is 5.10 Å². The first-order valence-corrected chi connectivity index (χ1v) is 6.97. The first kappa shape index (κ1) is 16.1. The number of carboxylic acids is 1. The Hall–Kier alpha value is -2.24. The Morgan fingerprint density at radius 1 is 1.18 bits per heavy atom. The number of carbonyl (C=O) groups is 1. The van der Waals surface area contributed by atoms with E-state index < -0.39 is 12.6 Å². The Kier molecular flexibility index (Phi) is 5.63. The molecule has 0 unspecified atom stereocenters. The standard InChI is InChI=1S/C15H12Cl2N2O3/c16-13-6-3-11(7-14(13)17)19-18-8-10-1-4-12(5-2-10)22-9-15(20)21/h1-8,19H,9H2,(H,20,21)/p-1/b18-8-. The van der Waals surface area contributed by atoms with Crippen LogP contribution in [0.5, 0.6) is 5.75 Å². The molecule has 0 aromatic heterocycles. The first-order chi connectivity index (χ1) is 10.5. The van der Waals surface area contributed by atoms with E-state index in [1.807, 2.05) is 0 Å². The molecule has 0 bridgehead atoms. The highest BCUT2D eigenvalue weighted by Gasteiger charge is 1.98. The molecule has 114 valence electrons. The molecule has 2 aromatic carbocycles. The van der Waals surface area contributed by atoms with Crippen LogP contribution in [0.3, 0.4) is 0 Å². The Morgan fingerprint density at radius 2 is 1.91 bits per heavy atom. The largest absolute Gasteiger partial charge is 0.546 e. The zero-order valence-electron chi connectivity index (χ0n) is 11.3. The van der Waals surface area contributed by atoms with Gasteiger partial charge in [-0.1, -0.05) is 23.2 Å². The molecule has 2 rings (SSSR count). The number of carboxylic acid groups (broad SMARTS) is 1. The number of hydrogen-bond donors (Lipinski definition) is 1. The Labute approximate surface area is 137 Å². The summed E-state index contributed by atoms with van der Waals surface area (Å²) in [6.07, 6.45) is 1.60. The maximum atomic E-state index is 10.3. The predicted octanol–water partition coefficient (Wildman–Crippen LogP) is 2.57. The number of nitrogens with zero attached hydrogens (tertiary/aromatic N) is 1. The molecule has 0 fully saturated rings. The molecular weight excluding hydrogens is 327 g/mol. The smallest absolute Gasteiger partial charge is 0.128 e. The average Bonchev–Trinajstić information content (AvgIpc) is 2.50. The predicted molar refractivity (Wildman–Crippen MR) is 84.6 cm³/mol. The summed E-state index contributed by atoms with van der Waals surface area (Å²) in [6, 6.07) is 11.9. The van der Waals surface area contributed by atoms with Gasteiger partial charge in [-0.3, -0.25) is 5.43 Å². The molecule has 1 N–H and O–H groups in total. The van der Waals surface area contributed by atoms with Crippen LogP contribution in [-0.4, -0.2) is 18.8 Å². The molecule has 7 heteroatoms. The number of halogens is 2. The highest BCUT2D eigenvalue weighted by atomic mass is 35.5. The van der Waals surface area contributed by atoms with E-state index in [-0.39, 0.29) is 0 Å². The summed E-state index contributed by atoms with van der Waals surface area (Å²) in [5.41, 5.74) is 4.35. The number of rotatable bonds is 6. The molecule has 0 aliphatic heterocycles. The Balaban J connectivity index is 1.92. The lowest BCUT2D eigenvalue weighted by molar-refractivity contribution is -0.307. The SMILES string of the molecule is O=C([O-])COc1ccc(/C=N\Nc2ccc(Cl)c(Cl)c2)cc1. The molecule has 2 aromatic rings. The summed E-state index contributed by atoms with van der Waals surface area (Å²) < 4.78 is 4.97. The third-order valence-corrected chi connectivity index (χ3v) is 3.30. The van der Waals surface area contributed by atoms with Crippen molar-refractivity contribution in [3.05, 3.63) is 58.1 Å². The molecule has 0 saturated carbocycles. The van der Waals surface area contributed by atoms with Crippen LogP contribution < -0.4 is 15.3 Å². The molecule has 5 nitrogen and oxygen atoms in total. The molecule has 0 aliphatic rings. The van der Waals surface area contributed by atoms with Gasteiger partial charge >= 0.3 is 0 Å². The number of nitrogens with one attached hydrogen (secondary N) is 1. The van der Waals surface area contributed by atoms with Gasteiger partial charge in [0, 0.05) is 0 Å². The highest BCUT2D eigenvalue weighted by Crippen LogP contribution is 2.24. The summed E-state index contributed by atoms with van der Waals surface area (Å²) >= 11 is 11.7. The van der Waals surface area contributed by atoms with Crippen LogP contribution in [0, 0.1) is 0 Å². The van der Waals surface area contributed by atoms with Gasteiger partial charge in [0.25, 0.3) is 0 Å². The topological polar surface area (TPSA) is 73.8 Å². The fourth-order valence-electron chi connectivity index (χ4n) is 1.54. The highest BCUT2D eigenvalue weighted by molar-refractivity contribution is 6.42. The van der Waals surface area contributed by atoms with E-state index in [0.717, 1.165) is 5.56 Å². The minimum atomic E-state index is -1.27. The molecule has 0 atom stereocenters. The average molecular weight is 338 g/mol. The van der Waals surface area contributed by atoms with E-state index in [1.165, 1.54) is 0 Å². The minimum Gasteiger partial charge on any atom is -0.546 e. The van der Waals surface area contributed by atoms with Crippen molar-refractivity contribution in [2.24, 2.45) is 5.10 Å². The van der Waals surface area contributed by atoms with Crippen molar-refractivity contribution in [2.75, 3.05) is 12.0 Å². The van der Waals surface area contributed by atoms with Gasteiger partial charge in [-0.05, 0) is 48.0 Å². The summed E-state index contributed by atoms with van der Waals surface area (Å²) in [5.74, 6) is -0.824. The number of carbonyl (C=O) groups excluding carboxylic acids is 1. The summed E-state index contributed by atoms with van der Waals surface area (Å²) in [6.45, 7) is -0.480. The molecule has 0 radical (unpaired) electrons. The normalized spacial score (nSPS) is 10.6. The molecule has 0 spiro atoms. The number of ether oxygens (including phenoxy) is 1. The van der Waals surface area contributed by atoms with Crippen LogP contribution in [0.1, 0.15) is 5.56 Å². The van der Waals surface area contributed by atoms with Crippen molar-refractivity contribution in [1.29, 1.82) is 0 Å². The Morgan fingerprint density at radius 3 is 2.55 bits per heavy atom. The minimum absolute atomic E-state index is 0.441. The van der Waals surface area contributed by atoms with Crippen LogP contribution in [0.4, 0.5) is 5.69 Å². The van der Waals surface area contributed by atoms with Gasteiger partial charge in [0.1, 0.15) is 12.4 Å².